The lowest BCUT2D eigenvalue weighted by molar-refractivity contribution is -0.152. The van der Waals surface area contributed by atoms with Gasteiger partial charge in [0, 0.05) is 32.2 Å². The zero-order valence-electron chi connectivity index (χ0n) is 15.8. The van der Waals surface area contributed by atoms with E-state index in [0.29, 0.717) is 51.4 Å². The normalized spacial score (nSPS) is 18.0. The molecule has 2 aromatic heterocycles. The lowest BCUT2D eigenvalue weighted by Gasteiger charge is -2.42. The highest BCUT2D eigenvalue weighted by molar-refractivity contribution is 5.82. The maximum absolute atomic E-state index is 12.7. The van der Waals surface area contributed by atoms with Crippen LogP contribution in [0.2, 0.25) is 0 Å². The Bertz CT molecular complexity index is 827. The molecule has 2 fully saturated rings. The fourth-order valence-electron chi connectivity index (χ4n) is 3.64. The lowest BCUT2D eigenvalue weighted by atomic mass is 9.93. The molecule has 2 saturated heterocycles. The van der Waals surface area contributed by atoms with Crippen LogP contribution in [0.4, 0.5) is 5.82 Å². The number of carbonyl (C=O) groups excluding carboxylic acids is 2. The smallest absolute Gasteiger partial charge is 0.309 e. The van der Waals surface area contributed by atoms with Gasteiger partial charge in [0.05, 0.1) is 18.4 Å². The number of hydrogen-bond acceptors (Lipinski definition) is 8. The summed E-state index contributed by atoms with van der Waals surface area (Å²) >= 11 is 0. The van der Waals surface area contributed by atoms with Gasteiger partial charge in [-0.1, -0.05) is 0 Å². The zero-order chi connectivity index (χ0) is 19.5. The summed E-state index contributed by atoms with van der Waals surface area (Å²) in [6.45, 7) is 4.70. The van der Waals surface area contributed by atoms with Crippen molar-refractivity contribution >= 4 is 17.7 Å². The molecule has 28 heavy (non-hydrogen) atoms. The van der Waals surface area contributed by atoms with E-state index >= 15 is 0 Å². The molecule has 0 aromatic carbocycles. The van der Waals surface area contributed by atoms with Crippen molar-refractivity contribution in [3.05, 3.63) is 25.0 Å². The quantitative estimate of drug-likeness (QED) is 0.677. The van der Waals surface area contributed by atoms with Crippen LogP contribution in [0.5, 0.6) is 0 Å². The summed E-state index contributed by atoms with van der Waals surface area (Å²) in [5.74, 6) is 1.30. The summed E-state index contributed by atoms with van der Waals surface area (Å²) < 4.78 is 6.66. The first-order valence-corrected chi connectivity index (χ1v) is 9.53. The van der Waals surface area contributed by atoms with E-state index in [1.165, 1.54) is 12.7 Å². The van der Waals surface area contributed by atoms with E-state index < -0.39 is 0 Å². The number of nitrogens with zero attached hydrogens (tertiary/aromatic N) is 7. The molecule has 2 aliphatic rings. The minimum atomic E-state index is -0.142. The second-order valence-corrected chi connectivity index (χ2v) is 7.03. The first-order chi connectivity index (χ1) is 13.7. The molecule has 148 valence electrons. The molecule has 4 heterocycles. The number of anilines is 1. The van der Waals surface area contributed by atoms with Gasteiger partial charge in [0.15, 0.2) is 5.82 Å². The van der Waals surface area contributed by atoms with Gasteiger partial charge in [0.1, 0.15) is 24.8 Å². The number of esters is 1. The fourth-order valence-corrected chi connectivity index (χ4v) is 3.64. The third-order valence-corrected chi connectivity index (χ3v) is 5.27. The first-order valence-electron chi connectivity index (χ1n) is 9.53. The van der Waals surface area contributed by atoms with Crippen LogP contribution >= 0.6 is 0 Å². The summed E-state index contributed by atoms with van der Waals surface area (Å²) in [4.78, 5) is 40.9. The average Bonchev–Trinajstić information content (AvgIpc) is 3.22. The molecule has 2 aliphatic heterocycles. The minimum absolute atomic E-state index is 0.0380. The summed E-state index contributed by atoms with van der Waals surface area (Å²) in [5, 5.41) is 4.07. The van der Waals surface area contributed by atoms with Gasteiger partial charge in [-0.15, -0.1) is 0 Å². The topological polar surface area (TPSA) is 106 Å². The fraction of sp³-hybridized carbons (Fsp3) is 0.556. The molecule has 10 heteroatoms. The van der Waals surface area contributed by atoms with E-state index in [1.807, 2.05) is 17.9 Å². The van der Waals surface area contributed by atoms with Crippen LogP contribution in [0.1, 0.15) is 19.8 Å². The molecule has 0 atom stereocenters. The maximum atomic E-state index is 12.7. The number of amides is 1. The van der Waals surface area contributed by atoms with Crippen molar-refractivity contribution in [1.29, 1.82) is 0 Å². The number of ether oxygens (including phenoxy) is 1. The van der Waals surface area contributed by atoms with Crippen LogP contribution in [0, 0.1) is 11.8 Å². The Labute approximate surface area is 162 Å². The Kier molecular flexibility index (Phi) is 5.18. The SMILES string of the molecule is CCOC(=O)C1CCN(C(=O)C2CN(c3cc(-n4cncn4)ncn3)C2)CC1. The predicted molar refractivity (Wildman–Crippen MR) is 98.6 cm³/mol. The number of likely N-dealkylation sites (tertiary alicyclic amines) is 1. The molecule has 10 nitrogen and oxygen atoms in total. The third-order valence-electron chi connectivity index (χ3n) is 5.27. The number of rotatable bonds is 5. The molecule has 0 radical (unpaired) electrons. The average molecular weight is 385 g/mol. The van der Waals surface area contributed by atoms with E-state index in [-0.39, 0.29) is 23.7 Å². The highest BCUT2D eigenvalue weighted by Gasteiger charge is 2.38. The van der Waals surface area contributed by atoms with Crippen molar-refractivity contribution in [3.8, 4) is 5.82 Å². The minimum Gasteiger partial charge on any atom is -0.466 e. The van der Waals surface area contributed by atoms with E-state index in [4.69, 9.17) is 4.74 Å². The van der Waals surface area contributed by atoms with Crippen LogP contribution in [0.15, 0.2) is 25.0 Å². The van der Waals surface area contributed by atoms with Crippen molar-refractivity contribution in [2.45, 2.75) is 19.8 Å². The van der Waals surface area contributed by atoms with Gasteiger partial charge in [0.2, 0.25) is 5.91 Å². The van der Waals surface area contributed by atoms with Crippen LogP contribution in [-0.2, 0) is 14.3 Å². The molecule has 0 unspecified atom stereocenters. The number of aromatic nitrogens is 5. The zero-order valence-corrected chi connectivity index (χ0v) is 15.8. The molecular weight excluding hydrogens is 362 g/mol. The number of piperidine rings is 1. The van der Waals surface area contributed by atoms with Gasteiger partial charge in [0.25, 0.3) is 0 Å². The monoisotopic (exact) mass is 385 g/mol. The second kappa shape index (κ2) is 7.91. The highest BCUT2D eigenvalue weighted by atomic mass is 16.5. The predicted octanol–water partition coefficient (Wildman–Crippen LogP) is 0.295. The summed E-state index contributed by atoms with van der Waals surface area (Å²) in [5.41, 5.74) is 0. The Morgan fingerprint density at radius 2 is 1.86 bits per heavy atom. The van der Waals surface area contributed by atoms with Crippen LogP contribution < -0.4 is 4.90 Å². The van der Waals surface area contributed by atoms with Crippen molar-refractivity contribution in [3.63, 3.8) is 0 Å². The number of carbonyl (C=O) groups is 2. The molecule has 0 saturated carbocycles. The molecule has 0 aliphatic carbocycles. The van der Waals surface area contributed by atoms with Gasteiger partial charge in [-0.05, 0) is 19.8 Å². The molecule has 2 aromatic rings. The van der Waals surface area contributed by atoms with Gasteiger partial charge in [-0.25, -0.2) is 19.6 Å². The van der Waals surface area contributed by atoms with Gasteiger partial charge in [-0.3, -0.25) is 9.59 Å². The number of hydrogen-bond donors (Lipinski definition) is 0. The van der Waals surface area contributed by atoms with Crippen molar-refractivity contribution in [1.82, 2.24) is 29.6 Å². The van der Waals surface area contributed by atoms with E-state index in [9.17, 15) is 9.59 Å². The van der Waals surface area contributed by atoms with Crippen LogP contribution in [-0.4, -0.2) is 74.3 Å². The standard InChI is InChI=1S/C18H23N7O3/c1-2-28-18(27)13-3-5-23(6-4-13)17(26)14-8-24(9-14)15-7-16(21-11-20-15)25-12-19-10-22-25/h7,10-14H,2-6,8-9H2,1H3. The first kappa shape index (κ1) is 18.3. The molecule has 0 bridgehead atoms. The maximum Gasteiger partial charge on any atom is 0.309 e. The Morgan fingerprint density at radius 1 is 1.11 bits per heavy atom. The van der Waals surface area contributed by atoms with Crippen molar-refractivity contribution in [2.24, 2.45) is 11.8 Å². The molecule has 1 amide bonds. The van der Waals surface area contributed by atoms with Crippen molar-refractivity contribution < 1.29 is 14.3 Å². The molecule has 0 N–H and O–H groups in total. The van der Waals surface area contributed by atoms with Crippen molar-refractivity contribution in [2.75, 3.05) is 37.7 Å². The lowest BCUT2D eigenvalue weighted by Crippen LogP contribution is -2.56. The molecular formula is C18H23N7O3. The molecule has 0 spiro atoms. The van der Waals surface area contributed by atoms with E-state index in [2.05, 4.69) is 25.0 Å². The largest absolute Gasteiger partial charge is 0.466 e. The summed E-state index contributed by atoms with van der Waals surface area (Å²) in [6, 6.07) is 1.83. The molecule has 4 rings (SSSR count). The summed E-state index contributed by atoms with van der Waals surface area (Å²) in [6.07, 6.45) is 5.86. The van der Waals surface area contributed by atoms with E-state index in [0.717, 1.165) is 5.82 Å². The van der Waals surface area contributed by atoms with Crippen LogP contribution in [0.3, 0.4) is 0 Å². The Balaban J connectivity index is 1.29. The third kappa shape index (κ3) is 3.67. The van der Waals surface area contributed by atoms with E-state index in [1.54, 1.807) is 11.0 Å². The second-order valence-electron chi connectivity index (χ2n) is 7.03. The van der Waals surface area contributed by atoms with Gasteiger partial charge >= 0.3 is 5.97 Å². The highest BCUT2D eigenvalue weighted by Crippen LogP contribution is 2.27. The van der Waals surface area contributed by atoms with Crippen LogP contribution in [0.25, 0.3) is 5.82 Å². The van der Waals surface area contributed by atoms with Gasteiger partial charge < -0.3 is 14.5 Å². The Morgan fingerprint density at radius 3 is 2.54 bits per heavy atom. The van der Waals surface area contributed by atoms with Gasteiger partial charge in [-0.2, -0.15) is 5.10 Å². The summed E-state index contributed by atoms with van der Waals surface area (Å²) in [7, 11) is 0. The Hall–Kier alpha value is -3.04.